The van der Waals surface area contributed by atoms with Crippen molar-refractivity contribution >= 4 is 21.7 Å². The second-order valence-corrected chi connectivity index (χ2v) is 4.73. The summed E-state index contributed by atoms with van der Waals surface area (Å²) in [6, 6.07) is 4.07. The van der Waals surface area contributed by atoms with Crippen LogP contribution in [0.4, 0.5) is 5.82 Å². The minimum Gasteiger partial charge on any atom is -0.496 e. The predicted molar refractivity (Wildman–Crippen MR) is 72.2 cm³/mol. The van der Waals surface area contributed by atoms with E-state index in [0.29, 0.717) is 5.82 Å². The number of hydrogen-bond donors (Lipinski definition) is 2. The zero-order chi connectivity index (χ0) is 12.6. The van der Waals surface area contributed by atoms with Gasteiger partial charge in [0.1, 0.15) is 5.75 Å². The van der Waals surface area contributed by atoms with Crippen molar-refractivity contribution in [2.24, 2.45) is 0 Å². The molecule has 0 aliphatic rings. The molecule has 0 atom stereocenters. The number of rotatable bonds is 2. The lowest BCUT2D eigenvalue weighted by Gasteiger charge is -2.10. The second kappa shape index (κ2) is 4.41. The van der Waals surface area contributed by atoms with Gasteiger partial charge in [-0.1, -0.05) is 0 Å². The van der Waals surface area contributed by atoms with Crippen LogP contribution in [0.2, 0.25) is 0 Å². The molecule has 3 N–H and O–H groups in total. The molecule has 0 aliphatic carbocycles. The molecular formula is C12H14BrN3O. The topological polar surface area (TPSA) is 63.9 Å². The summed E-state index contributed by atoms with van der Waals surface area (Å²) >= 11 is 3.43. The summed E-state index contributed by atoms with van der Waals surface area (Å²) in [6.45, 7) is 4.04. The number of nitrogens with two attached hydrogens (primary N) is 1. The van der Waals surface area contributed by atoms with Crippen LogP contribution in [0.1, 0.15) is 11.1 Å². The molecule has 0 fully saturated rings. The van der Waals surface area contributed by atoms with Gasteiger partial charge < -0.3 is 10.5 Å². The molecule has 0 saturated heterocycles. The maximum atomic E-state index is 5.71. The average molecular weight is 296 g/mol. The van der Waals surface area contributed by atoms with E-state index in [1.54, 1.807) is 7.11 Å². The van der Waals surface area contributed by atoms with E-state index in [9.17, 15) is 0 Å². The van der Waals surface area contributed by atoms with Crippen LogP contribution >= 0.6 is 15.9 Å². The molecule has 2 aromatic rings. The van der Waals surface area contributed by atoms with Crippen molar-refractivity contribution in [1.29, 1.82) is 0 Å². The Morgan fingerprint density at radius 1 is 1.29 bits per heavy atom. The second-order valence-electron chi connectivity index (χ2n) is 3.93. The highest BCUT2D eigenvalue weighted by Crippen LogP contribution is 2.35. The SMILES string of the molecule is COc1cc(C)c(-c2[nH]nc(N)c2Br)cc1C. The highest BCUT2D eigenvalue weighted by atomic mass is 79.9. The lowest BCUT2D eigenvalue weighted by atomic mass is 10.0. The minimum absolute atomic E-state index is 0.466. The fraction of sp³-hybridized carbons (Fsp3) is 0.250. The smallest absolute Gasteiger partial charge is 0.160 e. The first-order valence-corrected chi connectivity index (χ1v) is 5.98. The monoisotopic (exact) mass is 295 g/mol. The predicted octanol–water partition coefficient (Wildman–Crippen LogP) is 3.05. The van der Waals surface area contributed by atoms with Crippen LogP contribution in [0.25, 0.3) is 11.3 Å². The van der Waals surface area contributed by atoms with Gasteiger partial charge in [-0.2, -0.15) is 5.10 Å². The number of hydrogen-bond acceptors (Lipinski definition) is 3. The number of H-pyrrole nitrogens is 1. The molecule has 90 valence electrons. The molecule has 4 nitrogen and oxygen atoms in total. The number of ether oxygens (including phenoxy) is 1. The molecule has 17 heavy (non-hydrogen) atoms. The van der Waals surface area contributed by atoms with Crippen molar-refractivity contribution in [2.45, 2.75) is 13.8 Å². The van der Waals surface area contributed by atoms with Gasteiger partial charge in [-0.3, -0.25) is 5.10 Å². The summed E-state index contributed by atoms with van der Waals surface area (Å²) in [5.41, 5.74) is 9.86. The summed E-state index contributed by atoms with van der Waals surface area (Å²) in [6.07, 6.45) is 0. The Kier molecular flexibility index (Phi) is 3.11. The lowest BCUT2D eigenvalue weighted by Crippen LogP contribution is -1.92. The Labute approximate surface area is 108 Å². The summed E-state index contributed by atoms with van der Waals surface area (Å²) in [5.74, 6) is 1.35. The molecule has 1 aromatic carbocycles. The highest BCUT2D eigenvalue weighted by molar-refractivity contribution is 9.10. The Hall–Kier alpha value is -1.49. The first-order valence-electron chi connectivity index (χ1n) is 5.19. The fourth-order valence-electron chi connectivity index (χ4n) is 1.80. The number of nitrogens with one attached hydrogen (secondary N) is 1. The molecule has 0 aliphatic heterocycles. The first kappa shape index (κ1) is 12.0. The van der Waals surface area contributed by atoms with Crippen LogP contribution in [-0.2, 0) is 0 Å². The number of anilines is 1. The van der Waals surface area contributed by atoms with E-state index in [2.05, 4.69) is 32.2 Å². The summed E-state index contributed by atoms with van der Waals surface area (Å²) < 4.78 is 6.09. The van der Waals surface area contributed by atoms with Crippen molar-refractivity contribution in [3.05, 3.63) is 27.7 Å². The Balaban J connectivity index is 2.60. The molecule has 0 unspecified atom stereocenters. The Morgan fingerprint density at radius 2 is 2.00 bits per heavy atom. The van der Waals surface area contributed by atoms with Crippen LogP contribution in [0, 0.1) is 13.8 Å². The molecule has 5 heteroatoms. The number of halogens is 1. The maximum absolute atomic E-state index is 5.71. The Bertz CT molecular complexity index is 563. The molecule has 1 aromatic heterocycles. The van der Waals surface area contributed by atoms with Crippen LogP contribution in [0.3, 0.4) is 0 Å². The molecule has 0 amide bonds. The Morgan fingerprint density at radius 3 is 2.53 bits per heavy atom. The van der Waals surface area contributed by atoms with E-state index in [4.69, 9.17) is 10.5 Å². The molecule has 1 heterocycles. The summed E-state index contributed by atoms with van der Waals surface area (Å²) in [5, 5.41) is 6.91. The highest BCUT2D eigenvalue weighted by Gasteiger charge is 2.13. The number of nitrogen functional groups attached to an aromatic ring is 1. The van der Waals surface area contributed by atoms with Gasteiger partial charge in [-0.15, -0.1) is 0 Å². The third kappa shape index (κ3) is 2.02. The van der Waals surface area contributed by atoms with E-state index in [-0.39, 0.29) is 0 Å². The van der Waals surface area contributed by atoms with Gasteiger partial charge in [-0.05, 0) is 53.0 Å². The summed E-state index contributed by atoms with van der Waals surface area (Å²) in [7, 11) is 1.67. The molecule has 0 saturated carbocycles. The number of aryl methyl sites for hydroxylation is 2. The average Bonchev–Trinajstić information content (AvgIpc) is 2.63. The van der Waals surface area contributed by atoms with Gasteiger partial charge in [0.05, 0.1) is 17.3 Å². The zero-order valence-electron chi connectivity index (χ0n) is 9.97. The fourth-order valence-corrected chi connectivity index (χ4v) is 2.19. The number of nitrogens with zero attached hydrogens (tertiary/aromatic N) is 1. The largest absolute Gasteiger partial charge is 0.496 e. The van der Waals surface area contributed by atoms with Gasteiger partial charge in [0.2, 0.25) is 0 Å². The maximum Gasteiger partial charge on any atom is 0.160 e. The van der Waals surface area contributed by atoms with Crippen molar-refractivity contribution < 1.29 is 4.74 Å². The normalized spacial score (nSPS) is 10.6. The van der Waals surface area contributed by atoms with Crippen molar-refractivity contribution in [2.75, 3.05) is 12.8 Å². The first-order chi connectivity index (χ1) is 8.04. The van der Waals surface area contributed by atoms with Gasteiger partial charge in [-0.25, -0.2) is 0 Å². The number of methoxy groups -OCH3 is 1. The minimum atomic E-state index is 0.466. The quantitative estimate of drug-likeness (QED) is 0.895. The van der Waals surface area contributed by atoms with E-state index in [0.717, 1.165) is 32.6 Å². The van der Waals surface area contributed by atoms with E-state index < -0.39 is 0 Å². The third-order valence-electron chi connectivity index (χ3n) is 2.74. The molecule has 2 rings (SSSR count). The van der Waals surface area contributed by atoms with Crippen LogP contribution in [0.15, 0.2) is 16.6 Å². The van der Waals surface area contributed by atoms with Gasteiger partial charge >= 0.3 is 0 Å². The standard InChI is InChI=1S/C12H14BrN3O/c1-6-5-9(17-3)7(2)4-8(6)11-10(13)12(14)16-15-11/h4-5H,1-3H3,(H3,14,15,16). The summed E-state index contributed by atoms with van der Waals surface area (Å²) in [4.78, 5) is 0. The van der Waals surface area contributed by atoms with Gasteiger partial charge in [0.15, 0.2) is 5.82 Å². The number of benzene rings is 1. The van der Waals surface area contributed by atoms with Crippen molar-refractivity contribution in [3.8, 4) is 17.0 Å². The van der Waals surface area contributed by atoms with Gasteiger partial charge in [0.25, 0.3) is 0 Å². The van der Waals surface area contributed by atoms with Crippen LogP contribution < -0.4 is 10.5 Å². The molecule has 0 radical (unpaired) electrons. The number of aromatic nitrogens is 2. The van der Waals surface area contributed by atoms with E-state index in [1.807, 2.05) is 19.9 Å². The van der Waals surface area contributed by atoms with Crippen molar-refractivity contribution in [3.63, 3.8) is 0 Å². The van der Waals surface area contributed by atoms with Crippen LogP contribution in [-0.4, -0.2) is 17.3 Å². The molecule has 0 spiro atoms. The van der Waals surface area contributed by atoms with Crippen molar-refractivity contribution in [1.82, 2.24) is 10.2 Å². The molecule has 0 bridgehead atoms. The zero-order valence-corrected chi connectivity index (χ0v) is 11.6. The van der Waals surface area contributed by atoms with E-state index >= 15 is 0 Å². The third-order valence-corrected chi connectivity index (χ3v) is 3.55. The lowest BCUT2D eigenvalue weighted by molar-refractivity contribution is 0.411. The van der Waals surface area contributed by atoms with Gasteiger partial charge in [0, 0.05) is 5.56 Å². The number of aromatic amines is 1. The van der Waals surface area contributed by atoms with Crippen LogP contribution in [0.5, 0.6) is 5.75 Å². The molecular weight excluding hydrogens is 282 g/mol. The van der Waals surface area contributed by atoms with E-state index in [1.165, 1.54) is 0 Å².